The molecule has 2 N–H and O–H groups in total. The summed E-state index contributed by atoms with van der Waals surface area (Å²) in [6.45, 7) is 7.80. The molecule has 0 fully saturated rings. The van der Waals surface area contributed by atoms with Crippen LogP contribution in [0, 0.1) is 0 Å². The number of hydrogen-bond acceptors (Lipinski definition) is 5. The lowest BCUT2D eigenvalue weighted by Gasteiger charge is -2.11. The molecule has 0 aliphatic rings. The first-order valence-corrected chi connectivity index (χ1v) is 9.08. The Bertz CT molecular complexity index is 893. The summed E-state index contributed by atoms with van der Waals surface area (Å²) >= 11 is 0. The zero-order chi connectivity index (χ0) is 19.1. The first kappa shape index (κ1) is 21.9. The van der Waals surface area contributed by atoms with Crippen molar-refractivity contribution in [2.45, 2.75) is 40.0 Å². The zero-order valence-corrected chi connectivity index (χ0v) is 18.6. The van der Waals surface area contributed by atoms with E-state index in [1.807, 2.05) is 61.7 Å². The van der Waals surface area contributed by atoms with Gasteiger partial charge in [0.05, 0.1) is 19.2 Å². The van der Waals surface area contributed by atoms with E-state index < -0.39 is 0 Å². The van der Waals surface area contributed by atoms with Gasteiger partial charge in [-0.2, -0.15) is 0 Å². The maximum atomic E-state index is 5.56. The fourth-order valence-corrected chi connectivity index (χ4v) is 2.50. The van der Waals surface area contributed by atoms with Crippen molar-refractivity contribution in [3.05, 3.63) is 54.1 Å². The molecule has 0 aromatic carbocycles. The highest BCUT2D eigenvalue weighted by Gasteiger charge is 2.06. The average Bonchev–Trinajstić information content (AvgIpc) is 3.08. The molecule has 0 unspecified atom stereocenters. The summed E-state index contributed by atoms with van der Waals surface area (Å²) in [5.41, 5.74) is 1.84. The van der Waals surface area contributed by atoms with Crippen molar-refractivity contribution in [3.63, 3.8) is 0 Å². The highest BCUT2D eigenvalue weighted by atomic mass is 127. The minimum Gasteiger partial charge on any atom is -0.475 e. The zero-order valence-electron chi connectivity index (χ0n) is 16.3. The fourth-order valence-electron chi connectivity index (χ4n) is 2.50. The Balaban J connectivity index is 0.00000280. The van der Waals surface area contributed by atoms with Crippen molar-refractivity contribution in [2.75, 3.05) is 6.54 Å². The van der Waals surface area contributed by atoms with Gasteiger partial charge in [0, 0.05) is 25.0 Å². The summed E-state index contributed by atoms with van der Waals surface area (Å²) in [5, 5.41) is 14.9. The lowest BCUT2D eigenvalue weighted by molar-refractivity contribution is 0.232. The van der Waals surface area contributed by atoms with E-state index in [2.05, 4.69) is 30.8 Å². The number of nitrogens with one attached hydrogen (secondary N) is 2. The number of ether oxygens (including phenoxy) is 1. The van der Waals surface area contributed by atoms with Crippen molar-refractivity contribution in [2.24, 2.45) is 4.99 Å². The predicted octanol–water partition coefficient (Wildman–Crippen LogP) is 2.78. The number of rotatable bonds is 7. The third-order valence-corrected chi connectivity index (χ3v) is 3.72. The van der Waals surface area contributed by atoms with E-state index in [9.17, 15) is 0 Å². The van der Waals surface area contributed by atoms with Gasteiger partial charge < -0.3 is 15.4 Å². The van der Waals surface area contributed by atoms with Crippen molar-refractivity contribution in [1.82, 2.24) is 30.2 Å². The minimum atomic E-state index is 0. The molecule has 0 atom stereocenters. The number of fused-ring (bicyclic) bond motifs is 1. The van der Waals surface area contributed by atoms with Crippen LogP contribution in [0.1, 0.15) is 32.2 Å². The van der Waals surface area contributed by atoms with Crippen molar-refractivity contribution in [3.8, 4) is 5.88 Å². The summed E-state index contributed by atoms with van der Waals surface area (Å²) in [5.74, 6) is 2.17. The Morgan fingerprint density at radius 3 is 2.75 bits per heavy atom. The molecule has 0 amide bonds. The van der Waals surface area contributed by atoms with Gasteiger partial charge in [-0.1, -0.05) is 12.1 Å². The molecule has 0 saturated heterocycles. The molecule has 0 spiro atoms. The Hall–Kier alpha value is -2.43. The molecule has 0 radical (unpaired) electrons. The molecule has 3 heterocycles. The SMILES string of the molecule is CCNC(=NCc1ccc(OC(C)C)nc1)NCc1nnc2ccccn12.I. The van der Waals surface area contributed by atoms with E-state index in [-0.39, 0.29) is 30.1 Å². The van der Waals surface area contributed by atoms with Crippen LogP contribution in [-0.2, 0) is 13.1 Å². The van der Waals surface area contributed by atoms with E-state index in [0.717, 1.165) is 23.6 Å². The molecule has 0 saturated carbocycles. The van der Waals surface area contributed by atoms with E-state index in [4.69, 9.17) is 4.74 Å². The van der Waals surface area contributed by atoms with E-state index in [0.29, 0.717) is 24.9 Å². The largest absolute Gasteiger partial charge is 0.475 e. The minimum absolute atomic E-state index is 0. The number of nitrogens with zero attached hydrogens (tertiary/aromatic N) is 5. The van der Waals surface area contributed by atoms with Crippen LogP contribution >= 0.6 is 24.0 Å². The molecule has 150 valence electrons. The second-order valence-corrected chi connectivity index (χ2v) is 6.27. The van der Waals surface area contributed by atoms with Crippen LogP contribution in [0.4, 0.5) is 0 Å². The van der Waals surface area contributed by atoms with Gasteiger partial charge in [-0.25, -0.2) is 9.98 Å². The van der Waals surface area contributed by atoms with Gasteiger partial charge >= 0.3 is 0 Å². The van der Waals surface area contributed by atoms with Gasteiger partial charge in [0.25, 0.3) is 0 Å². The standard InChI is InChI=1S/C19H25N7O.HI/c1-4-20-19(22-12-15-8-9-18(21-11-15)27-14(2)3)23-13-17-25-24-16-7-5-6-10-26(16)17;/h5-11,14H,4,12-13H2,1-3H3,(H2,20,22,23);1H. The van der Waals surface area contributed by atoms with Gasteiger partial charge in [-0.05, 0) is 38.5 Å². The second-order valence-electron chi connectivity index (χ2n) is 6.27. The summed E-state index contributed by atoms with van der Waals surface area (Å²) in [6, 6.07) is 9.67. The summed E-state index contributed by atoms with van der Waals surface area (Å²) in [6.07, 6.45) is 3.85. The maximum Gasteiger partial charge on any atom is 0.213 e. The van der Waals surface area contributed by atoms with E-state index in [1.165, 1.54) is 0 Å². The lowest BCUT2D eigenvalue weighted by atomic mass is 10.3. The highest BCUT2D eigenvalue weighted by Crippen LogP contribution is 2.10. The first-order valence-electron chi connectivity index (χ1n) is 9.08. The topological polar surface area (TPSA) is 88.7 Å². The molecule has 28 heavy (non-hydrogen) atoms. The van der Waals surface area contributed by atoms with Crippen LogP contribution in [0.15, 0.2) is 47.7 Å². The van der Waals surface area contributed by atoms with Crippen LogP contribution in [0.2, 0.25) is 0 Å². The normalized spacial score (nSPS) is 11.4. The van der Waals surface area contributed by atoms with Crippen LogP contribution in [-0.4, -0.2) is 38.2 Å². The number of guanidine groups is 1. The van der Waals surface area contributed by atoms with Crippen molar-refractivity contribution >= 4 is 35.6 Å². The Labute approximate surface area is 181 Å². The number of pyridine rings is 2. The monoisotopic (exact) mass is 495 g/mol. The first-order chi connectivity index (χ1) is 13.2. The average molecular weight is 495 g/mol. The van der Waals surface area contributed by atoms with Gasteiger partial charge in [-0.15, -0.1) is 34.2 Å². The predicted molar refractivity (Wildman–Crippen MR) is 120 cm³/mol. The highest BCUT2D eigenvalue weighted by molar-refractivity contribution is 14.0. The molecule has 8 nitrogen and oxygen atoms in total. The molecule has 3 aromatic heterocycles. The number of hydrogen-bond donors (Lipinski definition) is 2. The number of aromatic nitrogens is 4. The lowest BCUT2D eigenvalue weighted by Crippen LogP contribution is -2.37. The third kappa shape index (κ3) is 6.04. The fraction of sp³-hybridized carbons (Fsp3) is 0.368. The van der Waals surface area contributed by atoms with Crippen LogP contribution in [0.5, 0.6) is 5.88 Å². The Kier molecular flexibility index (Phi) is 8.42. The molecule has 9 heteroatoms. The molecule has 3 aromatic rings. The summed E-state index contributed by atoms with van der Waals surface area (Å²) in [7, 11) is 0. The molecule has 3 rings (SSSR count). The summed E-state index contributed by atoms with van der Waals surface area (Å²) < 4.78 is 7.51. The Morgan fingerprint density at radius 2 is 2.04 bits per heavy atom. The van der Waals surface area contributed by atoms with E-state index >= 15 is 0 Å². The molecular formula is C19H26IN7O. The quantitative estimate of drug-likeness (QED) is 0.298. The smallest absolute Gasteiger partial charge is 0.213 e. The number of aliphatic imine (C=N–C) groups is 1. The molecule has 0 aliphatic heterocycles. The molecule has 0 bridgehead atoms. The van der Waals surface area contributed by atoms with Crippen molar-refractivity contribution in [1.29, 1.82) is 0 Å². The van der Waals surface area contributed by atoms with Crippen LogP contribution in [0.3, 0.4) is 0 Å². The third-order valence-electron chi connectivity index (χ3n) is 3.72. The van der Waals surface area contributed by atoms with Gasteiger partial charge in [0.2, 0.25) is 5.88 Å². The van der Waals surface area contributed by atoms with Gasteiger partial charge in [0.1, 0.15) is 0 Å². The van der Waals surface area contributed by atoms with Crippen LogP contribution in [0.25, 0.3) is 5.65 Å². The van der Waals surface area contributed by atoms with Crippen LogP contribution < -0.4 is 15.4 Å². The van der Waals surface area contributed by atoms with E-state index in [1.54, 1.807) is 6.20 Å². The van der Waals surface area contributed by atoms with Crippen molar-refractivity contribution < 1.29 is 4.74 Å². The number of halogens is 1. The second kappa shape index (κ2) is 10.8. The maximum absolute atomic E-state index is 5.56. The van der Waals surface area contributed by atoms with Gasteiger partial charge in [-0.3, -0.25) is 4.40 Å². The summed E-state index contributed by atoms with van der Waals surface area (Å²) in [4.78, 5) is 8.92. The Morgan fingerprint density at radius 1 is 1.18 bits per heavy atom. The van der Waals surface area contributed by atoms with Gasteiger partial charge in [0.15, 0.2) is 17.4 Å². The molecular weight excluding hydrogens is 469 g/mol. The molecule has 0 aliphatic carbocycles.